The second-order valence-electron chi connectivity index (χ2n) is 7.23. The molecular weight excluding hydrogens is 428 g/mol. The van der Waals surface area contributed by atoms with Crippen molar-refractivity contribution in [2.45, 2.75) is 26.8 Å². The van der Waals surface area contributed by atoms with Crippen molar-refractivity contribution in [3.63, 3.8) is 0 Å². The second kappa shape index (κ2) is 9.94. The van der Waals surface area contributed by atoms with Crippen LogP contribution in [0.25, 0.3) is 0 Å². The van der Waals surface area contributed by atoms with Gasteiger partial charge in [0.2, 0.25) is 0 Å². The van der Waals surface area contributed by atoms with Gasteiger partial charge in [-0.2, -0.15) is 0 Å². The predicted octanol–water partition coefficient (Wildman–Crippen LogP) is 3.77. The third-order valence-corrected chi connectivity index (χ3v) is 5.20. The minimum absolute atomic E-state index is 0.127. The van der Waals surface area contributed by atoms with Gasteiger partial charge in [-0.3, -0.25) is 19.8 Å². The maximum absolute atomic E-state index is 12.7. The lowest BCUT2D eigenvalue weighted by Crippen LogP contribution is -2.47. The first-order valence-corrected chi connectivity index (χ1v) is 10.4. The molecule has 3 amide bonds. The number of nitro benzene ring substituents is 1. The van der Waals surface area contributed by atoms with E-state index in [1.807, 2.05) is 0 Å². The largest absolute Gasteiger partial charge is 0.463 e. The van der Waals surface area contributed by atoms with E-state index in [1.54, 1.807) is 45.0 Å². The monoisotopic (exact) mass is 452 g/mol. The summed E-state index contributed by atoms with van der Waals surface area (Å²) >= 11 is 0. The van der Waals surface area contributed by atoms with Crippen LogP contribution >= 0.6 is 0 Å². The number of urea groups is 1. The molecule has 1 atom stereocenters. The second-order valence-corrected chi connectivity index (χ2v) is 7.23. The average molecular weight is 452 g/mol. The van der Waals surface area contributed by atoms with Crippen LogP contribution in [0.15, 0.2) is 59.8 Å². The van der Waals surface area contributed by atoms with Gasteiger partial charge in [0.25, 0.3) is 11.6 Å². The number of esters is 1. The van der Waals surface area contributed by atoms with E-state index < -0.39 is 22.8 Å². The molecule has 10 nitrogen and oxygen atoms in total. The van der Waals surface area contributed by atoms with Gasteiger partial charge in [0.05, 0.1) is 23.1 Å². The summed E-state index contributed by atoms with van der Waals surface area (Å²) < 4.78 is 5.22. The Morgan fingerprint density at radius 2 is 1.91 bits per heavy atom. The van der Waals surface area contributed by atoms with Gasteiger partial charge in [-0.25, -0.2) is 9.59 Å². The summed E-state index contributed by atoms with van der Waals surface area (Å²) in [7, 11) is 0. The van der Waals surface area contributed by atoms with Gasteiger partial charge in [0, 0.05) is 35.6 Å². The molecule has 10 heteroatoms. The summed E-state index contributed by atoms with van der Waals surface area (Å²) in [4.78, 5) is 49.8. The summed E-state index contributed by atoms with van der Waals surface area (Å²) in [6, 6.07) is 10.9. The summed E-state index contributed by atoms with van der Waals surface area (Å²) in [6.07, 6.45) is 0. The molecule has 2 aromatic carbocycles. The molecule has 1 unspecified atom stereocenters. The van der Waals surface area contributed by atoms with Crippen LogP contribution in [0.4, 0.5) is 16.2 Å². The van der Waals surface area contributed by atoms with Crippen LogP contribution in [0, 0.1) is 10.1 Å². The molecule has 1 heterocycles. The number of benzene rings is 2. The van der Waals surface area contributed by atoms with Gasteiger partial charge in [0.15, 0.2) is 0 Å². The zero-order valence-electron chi connectivity index (χ0n) is 18.5. The molecule has 0 radical (unpaired) electrons. The van der Waals surface area contributed by atoms with Crippen LogP contribution in [0.3, 0.4) is 0 Å². The number of anilines is 1. The molecule has 0 fully saturated rings. The van der Waals surface area contributed by atoms with E-state index >= 15 is 0 Å². The first-order chi connectivity index (χ1) is 15.8. The number of hydrogen-bond acceptors (Lipinski definition) is 6. The molecule has 1 aliphatic rings. The van der Waals surface area contributed by atoms with E-state index in [1.165, 1.54) is 29.2 Å². The molecule has 3 rings (SSSR count). The van der Waals surface area contributed by atoms with Crippen LogP contribution in [0.2, 0.25) is 0 Å². The number of hydrogen-bond donors (Lipinski definition) is 2. The SMILES string of the molecule is CCOC(=O)C1=C(C)N(CC)C(=O)NC1c1cccc(NC(=O)c2cccc([N+](=O)[O-])c2)c1. The number of carbonyl (C=O) groups excluding carboxylic acids is 3. The molecule has 0 aromatic heterocycles. The molecule has 33 heavy (non-hydrogen) atoms. The van der Waals surface area contributed by atoms with Gasteiger partial charge in [0.1, 0.15) is 0 Å². The third kappa shape index (κ3) is 5.00. The smallest absolute Gasteiger partial charge is 0.338 e. The first-order valence-electron chi connectivity index (χ1n) is 10.4. The van der Waals surface area contributed by atoms with E-state index in [4.69, 9.17) is 4.74 Å². The molecule has 2 aromatic rings. The van der Waals surface area contributed by atoms with E-state index in [-0.39, 0.29) is 23.9 Å². The van der Waals surface area contributed by atoms with E-state index in [2.05, 4.69) is 10.6 Å². The highest BCUT2D eigenvalue weighted by atomic mass is 16.6. The van der Waals surface area contributed by atoms with Crippen molar-refractivity contribution in [3.8, 4) is 0 Å². The lowest BCUT2D eigenvalue weighted by atomic mass is 9.94. The molecule has 0 spiro atoms. The Bertz CT molecular complexity index is 1140. The number of amides is 3. The fraction of sp³-hybridized carbons (Fsp3) is 0.261. The van der Waals surface area contributed by atoms with Crippen molar-refractivity contribution >= 4 is 29.3 Å². The van der Waals surface area contributed by atoms with Gasteiger partial charge < -0.3 is 15.4 Å². The average Bonchev–Trinajstić information content (AvgIpc) is 2.79. The zero-order chi connectivity index (χ0) is 24.1. The molecule has 172 valence electrons. The van der Waals surface area contributed by atoms with Crippen molar-refractivity contribution in [2.75, 3.05) is 18.5 Å². The summed E-state index contributed by atoms with van der Waals surface area (Å²) in [5.74, 6) is -1.07. The maximum Gasteiger partial charge on any atom is 0.338 e. The maximum atomic E-state index is 12.7. The Balaban J connectivity index is 1.93. The quantitative estimate of drug-likeness (QED) is 0.373. The van der Waals surface area contributed by atoms with Crippen molar-refractivity contribution in [1.29, 1.82) is 0 Å². The highest BCUT2D eigenvalue weighted by molar-refractivity contribution is 6.04. The predicted molar refractivity (Wildman–Crippen MR) is 120 cm³/mol. The van der Waals surface area contributed by atoms with E-state index in [0.29, 0.717) is 29.1 Å². The van der Waals surface area contributed by atoms with Crippen molar-refractivity contribution < 1.29 is 24.0 Å². The van der Waals surface area contributed by atoms with Gasteiger partial charge in [-0.1, -0.05) is 18.2 Å². The van der Waals surface area contributed by atoms with Gasteiger partial charge in [-0.15, -0.1) is 0 Å². The number of ether oxygens (including phenoxy) is 1. The normalized spacial score (nSPS) is 15.7. The third-order valence-electron chi connectivity index (χ3n) is 5.20. The van der Waals surface area contributed by atoms with E-state index in [9.17, 15) is 24.5 Å². The standard InChI is InChI=1S/C23H24N4O6/c1-4-26-14(3)19(22(29)33-5-2)20(25-23(26)30)15-8-6-10-17(12-15)24-21(28)16-9-7-11-18(13-16)27(31)32/h6-13,20H,4-5H2,1-3H3,(H,24,28)(H,25,30). The highest BCUT2D eigenvalue weighted by Gasteiger charge is 2.35. The molecule has 0 saturated heterocycles. The van der Waals surface area contributed by atoms with E-state index in [0.717, 1.165) is 0 Å². The Labute approximate surface area is 190 Å². The minimum Gasteiger partial charge on any atom is -0.463 e. The summed E-state index contributed by atoms with van der Waals surface area (Å²) in [5, 5.41) is 16.5. The zero-order valence-corrected chi connectivity index (χ0v) is 18.5. The molecule has 1 aliphatic heterocycles. The number of rotatable bonds is 7. The number of nitrogens with zero attached hydrogens (tertiary/aromatic N) is 2. The Kier molecular flexibility index (Phi) is 7.07. The number of carbonyl (C=O) groups is 3. The number of allylic oxidation sites excluding steroid dienone is 1. The van der Waals surface area contributed by atoms with Crippen LogP contribution in [0.5, 0.6) is 0 Å². The molecule has 2 N–H and O–H groups in total. The Morgan fingerprint density at radius 3 is 2.58 bits per heavy atom. The lowest BCUT2D eigenvalue weighted by molar-refractivity contribution is -0.384. The number of non-ortho nitro benzene ring substituents is 1. The topological polar surface area (TPSA) is 131 Å². The highest BCUT2D eigenvalue weighted by Crippen LogP contribution is 2.32. The van der Waals surface area contributed by atoms with Crippen LogP contribution < -0.4 is 10.6 Å². The minimum atomic E-state index is -0.769. The molecule has 0 bridgehead atoms. The van der Waals surface area contributed by atoms with Gasteiger partial charge in [-0.05, 0) is 44.5 Å². The first kappa shape index (κ1) is 23.5. The van der Waals surface area contributed by atoms with Crippen molar-refractivity contribution in [3.05, 3.63) is 81.0 Å². The summed E-state index contributed by atoms with van der Waals surface area (Å²) in [5.41, 5.74) is 1.70. The molecule has 0 aliphatic carbocycles. The molecular formula is C23H24N4O6. The fourth-order valence-electron chi connectivity index (χ4n) is 3.65. The van der Waals surface area contributed by atoms with Crippen LogP contribution in [-0.2, 0) is 9.53 Å². The van der Waals surface area contributed by atoms with Crippen molar-refractivity contribution in [2.24, 2.45) is 0 Å². The summed E-state index contributed by atoms with van der Waals surface area (Å²) in [6.45, 7) is 5.76. The van der Waals surface area contributed by atoms with Crippen molar-refractivity contribution in [1.82, 2.24) is 10.2 Å². The number of nitro groups is 1. The van der Waals surface area contributed by atoms with Crippen LogP contribution in [0.1, 0.15) is 42.7 Å². The Hall–Kier alpha value is -4.21. The Morgan fingerprint density at radius 1 is 1.18 bits per heavy atom. The van der Waals surface area contributed by atoms with Crippen LogP contribution in [-0.4, -0.2) is 40.9 Å². The lowest BCUT2D eigenvalue weighted by Gasteiger charge is -2.34. The van der Waals surface area contributed by atoms with Gasteiger partial charge >= 0.3 is 12.0 Å². The fourth-order valence-corrected chi connectivity index (χ4v) is 3.65. The molecule has 0 saturated carbocycles. The number of nitrogens with one attached hydrogen (secondary N) is 2.